The van der Waals surface area contributed by atoms with Gasteiger partial charge in [-0.3, -0.25) is 0 Å². The Balaban J connectivity index is 2.46. The summed E-state index contributed by atoms with van der Waals surface area (Å²) in [5, 5.41) is 3.09. The molecule has 0 amide bonds. The quantitative estimate of drug-likeness (QED) is 0.783. The maximum absolute atomic E-state index is 13.4. The average Bonchev–Trinajstić information content (AvgIpc) is 2.31. The van der Waals surface area contributed by atoms with E-state index in [-0.39, 0.29) is 17.3 Å². The lowest BCUT2D eigenvalue weighted by atomic mass is 10.1. The fourth-order valence-corrected chi connectivity index (χ4v) is 3.29. The normalized spacial score (nSPS) is 11.8. The van der Waals surface area contributed by atoms with Crippen molar-refractivity contribution in [3.8, 4) is 0 Å². The second-order valence-electron chi connectivity index (χ2n) is 4.87. The minimum Gasteiger partial charge on any atom is -0.312 e. The summed E-state index contributed by atoms with van der Waals surface area (Å²) in [4.78, 5) is 0. The lowest BCUT2D eigenvalue weighted by Gasteiger charge is -2.08. The van der Waals surface area contributed by atoms with Crippen molar-refractivity contribution in [2.45, 2.75) is 33.7 Å². The lowest BCUT2D eigenvalue weighted by Crippen LogP contribution is -2.24. The molecule has 0 aliphatic carbocycles. The Labute approximate surface area is 115 Å². The van der Waals surface area contributed by atoms with Crippen LogP contribution in [-0.4, -0.2) is 26.5 Å². The van der Waals surface area contributed by atoms with E-state index in [0.29, 0.717) is 30.6 Å². The molecule has 1 rings (SSSR count). The van der Waals surface area contributed by atoms with Crippen LogP contribution in [0.1, 0.15) is 30.0 Å². The molecular formula is C14H22FNO2S. The van der Waals surface area contributed by atoms with Gasteiger partial charge in [-0.15, -0.1) is 0 Å². The zero-order valence-electron chi connectivity index (χ0n) is 11.8. The molecule has 0 spiro atoms. The highest BCUT2D eigenvalue weighted by atomic mass is 32.2. The van der Waals surface area contributed by atoms with E-state index < -0.39 is 9.84 Å². The monoisotopic (exact) mass is 287 g/mol. The number of hydrogen-bond acceptors (Lipinski definition) is 3. The fourth-order valence-electron chi connectivity index (χ4n) is 2.01. The van der Waals surface area contributed by atoms with E-state index in [1.165, 1.54) is 0 Å². The van der Waals surface area contributed by atoms with Gasteiger partial charge in [-0.05, 0) is 37.0 Å². The van der Waals surface area contributed by atoms with Crippen molar-refractivity contribution in [1.29, 1.82) is 0 Å². The van der Waals surface area contributed by atoms with Crippen molar-refractivity contribution >= 4 is 9.84 Å². The molecule has 3 nitrogen and oxygen atoms in total. The molecule has 19 heavy (non-hydrogen) atoms. The summed E-state index contributed by atoms with van der Waals surface area (Å²) in [5.41, 5.74) is 2.22. The molecule has 0 saturated heterocycles. The molecule has 1 N–H and O–H groups in total. The number of rotatable bonds is 7. The van der Waals surface area contributed by atoms with Crippen LogP contribution in [0.2, 0.25) is 0 Å². The Morgan fingerprint density at radius 3 is 2.26 bits per heavy atom. The van der Waals surface area contributed by atoms with Crippen LogP contribution in [0, 0.1) is 19.7 Å². The molecule has 108 valence electrons. The number of benzene rings is 1. The lowest BCUT2D eigenvalue weighted by molar-refractivity contribution is 0.589. The summed E-state index contributed by atoms with van der Waals surface area (Å²) < 4.78 is 36.5. The Morgan fingerprint density at radius 2 is 1.74 bits per heavy atom. The summed E-state index contributed by atoms with van der Waals surface area (Å²) in [6, 6.07) is 3.58. The van der Waals surface area contributed by atoms with Gasteiger partial charge in [0.05, 0.1) is 5.75 Å². The zero-order chi connectivity index (χ0) is 14.5. The van der Waals surface area contributed by atoms with Gasteiger partial charge in [0.1, 0.15) is 5.82 Å². The van der Waals surface area contributed by atoms with Crippen molar-refractivity contribution < 1.29 is 12.8 Å². The molecule has 0 aromatic heterocycles. The highest BCUT2D eigenvalue weighted by molar-refractivity contribution is 7.91. The van der Waals surface area contributed by atoms with E-state index >= 15 is 0 Å². The van der Waals surface area contributed by atoms with Crippen molar-refractivity contribution in [2.75, 3.05) is 18.1 Å². The summed E-state index contributed by atoms with van der Waals surface area (Å²) >= 11 is 0. The van der Waals surface area contributed by atoms with Crippen molar-refractivity contribution in [2.24, 2.45) is 0 Å². The molecule has 0 radical (unpaired) electrons. The van der Waals surface area contributed by atoms with Gasteiger partial charge in [0, 0.05) is 18.8 Å². The second-order valence-corrected chi connectivity index (χ2v) is 7.18. The van der Waals surface area contributed by atoms with E-state index in [0.717, 1.165) is 5.56 Å². The maximum Gasteiger partial charge on any atom is 0.151 e. The van der Waals surface area contributed by atoms with E-state index in [9.17, 15) is 12.8 Å². The van der Waals surface area contributed by atoms with Gasteiger partial charge in [-0.25, -0.2) is 12.8 Å². The van der Waals surface area contributed by atoms with Gasteiger partial charge >= 0.3 is 0 Å². The number of nitrogens with one attached hydrogen (secondary N) is 1. The van der Waals surface area contributed by atoms with Crippen molar-refractivity contribution in [3.05, 3.63) is 34.6 Å². The molecule has 0 aliphatic heterocycles. The van der Waals surface area contributed by atoms with Crippen LogP contribution >= 0.6 is 0 Å². The molecule has 0 bridgehead atoms. The van der Waals surface area contributed by atoms with E-state index in [4.69, 9.17) is 0 Å². The summed E-state index contributed by atoms with van der Waals surface area (Å²) in [6.45, 7) is 6.31. The molecule has 0 heterocycles. The number of sulfone groups is 1. The predicted molar refractivity (Wildman–Crippen MR) is 76.5 cm³/mol. The van der Waals surface area contributed by atoms with E-state index in [1.807, 2.05) is 6.92 Å². The van der Waals surface area contributed by atoms with Gasteiger partial charge < -0.3 is 5.32 Å². The highest BCUT2D eigenvalue weighted by Gasteiger charge is 2.08. The highest BCUT2D eigenvalue weighted by Crippen LogP contribution is 2.14. The smallest absolute Gasteiger partial charge is 0.151 e. The molecule has 0 fully saturated rings. The Kier molecular flexibility index (Phi) is 5.94. The first-order chi connectivity index (χ1) is 8.85. The largest absolute Gasteiger partial charge is 0.312 e. The van der Waals surface area contributed by atoms with E-state index in [1.54, 1.807) is 26.0 Å². The molecule has 0 saturated carbocycles. The van der Waals surface area contributed by atoms with Crippen LogP contribution in [0.5, 0.6) is 0 Å². The van der Waals surface area contributed by atoms with Gasteiger partial charge in [0.2, 0.25) is 0 Å². The maximum atomic E-state index is 13.4. The molecule has 0 unspecified atom stereocenters. The molecule has 0 aliphatic rings. The van der Waals surface area contributed by atoms with Gasteiger partial charge in [0.25, 0.3) is 0 Å². The first-order valence-corrected chi connectivity index (χ1v) is 8.34. The van der Waals surface area contributed by atoms with Crippen LogP contribution in [0.25, 0.3) is 0 Å². The van der Waals surface area contributed by atoms with Crippen LogP contribution in [-0.2, 0) is 16.4 Å². The van der Waals surface area contributed by atoms with Crippen LogP contribution in [0.3, 0.4) is 0 Å². The predicted octanol–water partition coefficient (Wildman–Crippen LogP) is 2.36. The number of halogens is 1. The molecule has 0 atom stereocenters. The van der Waals surface area contributed by atoms with Crippen LogP contribution in [0.15, 0.2) is 12.1 Å². The van der Waals surface area contributed by atoms with Crippen molar-refractivity contribution in [3.63, 3.8) is 0 Å². The SMILES string of the molecule is CCCS(=O)(=O)CCNCc1cc(C)c(F)c(C)c1. The van der Waals surface area contributed by atoms with Crippen LogP contribution in [0.4, 0.5) is 4.39 Å². The minimum atomic E-state index is -2.93. The third-order valence-corrected chi connectivity index (χ3v) is 4.79. The number of hydrogen-bond donors (Lipinski definition) is 1. The topological polar surface area (TPSA) is 46.2 Å². The van der Waals surface area contributed by atoms with Gasteiger partial charge in [-0.1, -0.05) is 19.1 Å². The van der Waals surface area contributed by atoms with Crippen LogP contribution < -0.4 is 5.32 Å². The standard InChI is InChI=1S/C14H22FNO2S/c1-4-6-19(17,18)7-5-16-10-13-8-11(2)14(15)12(3)9-13/h8-9,16H,4-7,10H2,1-3H3. The summed E-state index contributed by atoms with van der Waals surface area (Å²) in [6.07, 6.45) is 0.651. The fraction of sp³-hybridized carbons (Fsp3) is 0.571. The summed E-state index contributed by atoms with van der Waals surface area (Å²) in [5.74, 6) is 0.220. The first-order valence-electron chi connectivity index (χ1n) is 6.52. The zero-order valence-corrected chi connectivity index (χ0v) is 12.6. The van der Waals surface area contributed by atoms with Gasteiger partial charge in [0.15, 0.2) is 9.84 Å². The van der Waals surface area contributed by atoms with Gasteiger partial charge in [-0.2, -0.15) is 0 Å². The Hall–Kier alpha value is -0.940. The Bertz CT molecular complexity index is 503. The van der Waals surface area contributed by atoms with Crippen molar-refractivity contribution in [1.82, 2.24) is 5.32 Å². The molecule has 5 heteroatoms. The average molecular weight is 287 g/mol. The Morgan fingerprint density at radius 1 is 1.16 bits per heavy atom. The van der Waals surface area contributed by atoms with E-state index in [2.05, 4.69) is 5.32 Å². The second kappa shape index (κ2) is 7.01. The molecule has 1 aromatic carbocycles. The third kappa shape index (κ3) is 5.28. The molecule has 1 aromatic rings. The minimum absolute atomic E-state index is 0.153. The number of aryl methyl sites for hydroxylation is 2. The first kappa shape index (κ1) is 16.1. The molecular weight excluding hydrogens is 265 g/mol. The summed E-state index contributed by atoms with van der Waals surface area (Å²) in [7, 11) is -2.93. The third-order valence-electron chi connectivity index (χ3n) is 2.93.